The van der Waals surface area contributed by atoms with Crippen LogP contribution in [-0.2, 0) is 5.72 Å². The minimum Gasteiger partial charge on any atom is -0.457 e. The number of nitrogens with one attached hydrogen (secondary N) is 1. The minimum atomic E-state index is -0.892. The van der Waals surface area contributed by atoms with E-state index in [1.54, 1.807) is 0 Å². The second-order valence-corrected chi connectivity index (χ2v) is 7.90. The van der Waals surface area contributed by atoms with E-state index in [0.29, 0.717) is 11.4 Å². The van der Waals surface area contributed by atoms with Crippen molar-refractivity contribution in [2.75, 3.05) is 16.8 Å². The summed E-state index contributed by atoms with van der Waals surface area (Å²) in [7, 11) is 0. The minimum absolute atomic E-state index is 0.696. The first-order valence-electron chi connectivity index (χ1n) is 10.3. The number of nitrogen functional groups attached to an aromatic ring is 2. The maximum atomic E-state index is 6.65. The molecular weight excluding hydrogens is 400 g/mol. The molecule has 0 amide bonds. The van der Waals surface area contributed by atoms with E-state index in [0.717, 1.165) is 44.8 Å². The van der Waals surface area contributed by atoms with Gasteiger partial charge in [-0.1, -0.05) is 36.4 Å². The van der Waals surface area contributed by atoms with Crippen molar-refractivity contribution >= 4 is 28.2 Å². The van der Waals surface area contributed by atoms with E-state index < -0.39 is 5.72 Å². The Balaban J connectivity index is 1.45. The van der Waals surface area contributed by atoms with Crippen LogP contribution in [-0.4, -0.2) is 4.98 Å². The third kappa shape index (κ3) is 2.85. The van der Waals surface area contributed by atoms with Gasteiger partial charge in [0.05, 0.1) is 5.69 Å². The number of hydrogen-bond acceptors (Lipinski definition) is 6. The molecule has 0 spiro atoms. The number of anilines is 3. The first-order chi connectivity index (χ1) is 15.6. The number of fused-ring (bicyclic) bond motifs is 2. The van der Waals surface area contributed by atoms with Crippen molar-refractivity contribution in [2.45, 2.75) is 5.72 Å². The summed E-state index contributed by atoms with van der Waals surface area (Å²) < 4.78 is 12.1. The van der Waals surface area contributed by atoms with Gasteiger partial charge in [0.1, 0.15) is 11.3 Å². The Hall–Kier alpha value is -4.45. The van der Waals surface area contributed by atoms with Crippen molar-refractivity contribution in [1.82, 2.24) is 4.98 Å². The quantitative estimate of drug-likeness (QED) is 0.340. The third-order valence-electron chi connectivity index (χ3n) is 5.85. The fourth-order valence-electron chi connectivity index (χ4n) is 4.17. The van der Waals surface area contributed by atoms with Crippen LogP contribution in [0.5, 0.6) is 5.75 Å². The lowest BCUT2D eigenvalue weighted by atomic mass is 9.94. The molecule has 0 fully saturated rings. The summed E-state index contributed by atoms with van der Waals surface area (Å²) >= 11 is 0. The summed E-state index contributed by atoms with van der Waals surface area (Å²) in [5.41, 5.74) is 18.8. The average molecular weight is 420 g/mol. The van der Waals surface area contributed by atoms with Gasteiger partial charge >= 0.3 is 0 Å². The van der Waals surface area contributed by atoms with E-state index >= 15 is 0 Å². The summed E-state index contributed by atoms with van der Waals surface area (Å²) in [4.78, 5) is 4.19. The van der Waals surface area contributed by atoms with E-state index in [9.17, 15) is 0 Å². The fourth-order valence-corrected chi connectivity index (χ4v) is 4.17. The molecule has 156 valence electrons. The van der Waals surface area contributed by atoms with Crippen LogP contribution in [0.3, 0.4) is 0 Å². The van der Waals surface area contributed by atoms with E-state index in [1.165, 1.54) is 6.39 Å². The number of hydrogen-bond donors (Lipinski definition) is 3. The van der Waals surface area contributed by atoms with Gasteiger partial charge in [-0.2, -0.15) is 0 Å². The number of oxazole rings is 1. The lowest BCUT2D eigenvalue weighted by molar-refractivity contribution is 0.164. The van der Waals surface area contributed by atoms with Gasteiger partial charge in [-0.05, 0) is 59.7 Å². The highest BCUT2D eigenvalue weighted by Crippen LogP contribution is 2.47. The monoisotopic (exact) mass is 420 g/mol. The molecular formula is C26H20N4O2. The predicted molar refractivity (Wildman–Crippen MR) is 126 cm³/mol. The van der Waals surface area contributed by atoms with Gasteiger partial charge in [-0.25, -0.2) is 4.98 Å². The number of benzene rings is 4. The molecule has 5 N–H and O–H groups in total. The molecule has 0 aliphatic carbocycles. The molecule has 0 atom stereocenters. The Kier molecular flexibility index (Phi) is 3.89. The molecule has 0 bridgehead atoms. The standard InChI is InChI=1S/C26H20N4O2/c27-20-7-3-18(4-8-20)26(19-5-9-21(28)10-6-19)30-23-12-2-17(14-25(23)32-26)16-1-11-22-24(13-16)31-15-29-22/h1-15,30H,27-28H2. The zero-order chi connectivity index (χ0) is 21.7. The molecule has 0 saturated carbocycles. The number of nitrogens with zero attached hydrogens (tertiary/aromatic N) is 1. The van der Waals surface area contributed by atoms with Crippen LogP contribution in [0.1, 0.15) is 11.1 Å². The molecule has 4 aromatic carbocycles. The molecule has 6 heteroatoms. The van der Waals surface area contributed by atoms with Gasteiger partial charge in [0, 0.05) is 22.5 Å². The molecule has 32 heavy (non-hydrogen) atoms. The van der Waals surface area contributed by atoms with Crippen molar-refractivity contribution in [3.8, 4) is 16.9 Å². The topological polar surface area (TPSA) is 99.3 Å². The summed E-state index contributed by atoms with van der Waals surface area (Å²) in [5.74, 6) is 0.758. The molecule has 6 nitrogen and oxygen atoms in total. The largest absolute Gasteiger partial charge is 0.457 e. The number of rotatable bonds is 3. The molecule has 6 rings (SSSR count). The zero-order valence-electron chi connectivity index (χ0n) is 17.1. The SMILES string of the molecule is Nc1ccc(C2(c3ccc(N)cc3)Nc3ccc(-c4ccc5ncoc5c4)cc3O2)cc1. The Bertz CT molecular complexity index is 1390. The lowest BCUT2D eigenvalue weighted by Gasteiger charge is -2.30. The first kappa shape index (κ1) is 18.3. The predicted octanol–water partition coefficient (Wildman–Crippen LogP) is 5.36. The van der Waals surface area contributed by atoms with E-state index in [2.05, 4.69) is 16.4 Å². The highest BCUT2D eigenvalue weighted by Gasteiger charge is 2.42. The van der Waals surface area contributed by atoms with Gasteiger partial charge in [0.2, 0.25) is 5.72 Å². The molecule has 5 aromatic rings. The maximum absolute atomic E-state index is 6.65. The van der Waals surface area contributed by atoms with E-state index in [-0.39, 0.29) is 0 Å². The molecule has 0 unspecified atom stereocenters. The van der Waals surface area contributed by atoms with Crippen LogP contribution in [0.15, 0.2) is 95.7 Å². The molecule has 0 saturated heterocycles. The Morgan fingerprint density at radius 1 is 0.719 bits per heavy atom. The van der Waals surface area contributed by atoms with Crippen molar-refractivity contribution < 1.29 is 9.15 Å². The van der Waals surface area contributed by atoms with Crippen LogP contribution in [0.4, 0.5) is 17.1 Å². The Labute approximate surface area is 184 Å². The molecule has 1 aliphatic heterocycles. The summed E-state index contributed by atoms with van der Waals surface area (Å²) in [6.45, 7) is 0. The van der Waals surface area contributed by atoms with Gasteiger partial charge in [0.25, 0.3) is 0 Å². The first-order valence-corrected chi connectivity index (χ1v) is 10.3. The van der Waals surface area contributed by atoms with Gasteiger partial charge in [-0.15, -0.1) is 0 Å². The second kappa shape index (κ2) is 6.78. The summed E-state index contributed by atoms with van der Waals surface area (Å²) in [6.07, 6.45) is 1.46. The Morgan fingerprint density at radius 2 is 1.34 bits per heavy atom. The Morgan fingerprint density at radius 3 is 2.03 bits per heavy atom. The van der Waals surface area contributed by atoms with Crippen molar-refractivity contribution in [3.63, 3.8) is 0 Å². The molecule has 0 radical (unpaired) electrons. The maximum Gasteiger partial charge on any atom is 0.233 e. The second-order valence-electron chi connectivity index (χ2n) is 7.90. The van der Waals surface area contributed by atoms with Gasteiger partial charge in [-0.3, -0.25) is 0 Å². The van der Waals surface area contributed by atoms with Crippen LogP contribution >= 0.6 is 0 Å². The fraction of sp³-hybridized carbons (Fsp3) is 0.0385. The van der Waals surface area contributed by atoms with Crippen LogP contribution < -0.4 is 21.5 Å². The zero-order valence-corrected chi connectivity index (χ0v) is 17.1. The normalized spacial score (nSPS) is 14.0. The molecule has 1 aromatic heterocycles. The van der Waals surface area contributed by atoms with Crippen LogP contribution in [0.2, 0.25) is 0 Å². The summed E-state index contributed by atoms with van der Waals surface area (Å²) in [6, 6.07) is 27.5. The van der Waals surface area contributed by atoms with Crippen molar-refractivity contribution in [2.24, 2.45) is 0 Å². The number of aromatic nitrogens is 1. The van der Waals surface area contributed by atoms with Gasteiger partial charge < -0.3 is 25.9 Å². The van der Waals surface area contributed by atoms with Crippen molar-refractivity contribution in [3.05, 3.63) is 102 Å². The lowest BCUT2D eigenvalue weighted by Crippen LogP contribution is -2.38. The van der Waals surface area contributed by atoms with Crippen LogP contribution in [0, 0.1) is 0 Å². The highest BCUT2D eigenvalue weighted by molar-refractivity contribution is 5.82. The third-order valence-corrected chi connectivity index (χ3v) is 5.85. The van der Waals surface area contributed by atoms with Crippen molar-refractivity contribution in [1.29, 1.82) is 0 Å². The average Bonchev–Trinajstić information content (AvgIpc) is 3.44. The smallest absolute Gasteiger partial charge is 0.233 e. The number of nitrogens with two attached hydrogens (primary N) is 2. The van der Waals surface area contributed by atoms with E-state index in [4.69, 9.17) is 20.6 Å². The summed E-state index contributed by atoms with van der Waals surface area (Å²) in [5, 5.41) is 3.59. The van der Waals surface area contributed by atoms with Gasteiger partial charge in [0.15, 0.2) is 12.0 Å². The van der Waals surface area contributed by atoms with Crippen LogP contribution in [0.25, 0.3) is 22.2 Å². The van der Waals surface area contributed by atoms with E-state index in [1.807, 2.05) is 78.9 Å². The highest BCUT2D eigenvalue weighted by atomic mass is 16.5. The number of ether oxygens (including phenoxy) is 1. The molecule has 1 aliphatic rings. The molecule has 2 heterocycles.